The Labute approximate surface area is 180 Å². The molecular weight excluding hydrogens is 434 g/mol. The van der Waals surface area contributed by atoms with Crippen LogP contribution in [0, 0.1) is 6.92 Å². The van der Waals surface area contributed by atoms with Crippen molar-refractivity contribution in [2.75, 3.05) is 17.7 Å². The molecule has 0 fully saturated rings. The minimum atomic E-state index is -0.346. The van der Waals surface area contributed by atoms with Gasteiger partial charge in [-0.15, -0.1) is 21.5 Å². The summed E-state index contributed by atoms with van der Waals surface area (Å²) in [6.07, 6.45) is 1.65. The van der Waals surface area contributed by atoms with Crippen LogP contribution in [0.25, 0.3) is 5.69 Å². The second kappa shape index (κ2) is 9.86. The van der Waals surface area contributed by atoms with Crippen molar-refractivity contribution in [3.8, 4) is 5.69 Å². The van der Waals surface area contributed by atoms with Crippen molar-refractivity contribution >= 4 is 51.7 Å². The first-order valence-corrected chi connectivity index (χ1v) is 10.9. The molecule has 2 heterocycles. The van der Waals surface area contributed by atoms with E-state index in [1.165, 1.54) is 23.1 Å². The number of thioether (sulfide) groups is 1. The lowest BCUT2D eigenvalue weighted by Gasteiger charge is -2.07. The fraction of sp³-hybridized carbons (Fsp3) is 0.278. The number of carbonyl (C=O) groups excluding carboxylic acids is 2. The van der Waals surface area contributed by atoms with Crippen LogP contribution >= 0.6 is 34.7 Å². The zero-order valence-electron chi connectivity index (χ0n) is 15.7. The van der Waals surface area contributed by atoms with Crippen LogP contribution in [0.1, 0.15) is 18.2 Å². The first-order valence-electron chi connectivity index (χ1n) is 8.65. The van der Waals surface area contributed by atoms with Gasteiger partial charge >= 0.3 is 5.97 Å². The summed E-state index contributed by atoms with van der Waals surface area (Å²) in [5, 5.41) is 14.1. The highest BCUT2D eigenvalue weighted by molar-refractivity contribution is 7.99. The average Bonchev–Trinajstić information content (AvgIpc) is 3.32. The van der Waals surface area contributed by atoms with Gasteiger partial charge in [0.1, 0.15) is 6.33 Å². The Balaban J connectivity index is 1.57. The molecule has 0 aliphatic heterocycles. The molecule has 0 spiro atoms. The van der Waals surface area contributed by atoms with Crippen LogP contribution in [0.15, 0.2) is 35.1 Å². The van der Waals surface area contributed by atoms with E-state index in [9.17, 15) is 9.59 Å². The topological polar surface area (TPSA) is 99.0 Å². The van der Waals surface area contributed by atoms with E-state index < -0.39 is 0 Å². The highest BCUT2D eigenvalue weighted by Gasteiger charge is 2.13. The highest BCUT2D eigenvalue weighted by Crippen LogP contribution is 2.24. The molecule has 0 saturated carbocycles. The number of hydrogen-bond donors (Lipinski definition) is 1. The zero-order valence-corrected chi connectivity index (χ0v) is 18.1. The number of rotatable bonds is 8. The molecule has 0 radical (unpaired) electrons. The molecule has 8 nitrogen and oxygen atoms in total. The van der Waals surface area contributed by atoms with E-state index in [1.807, 2.05) is 25.1 Å². The van der Waals surface area contributed by atoms with E-state index >= 15 is 0 Å². The number of nitrogens with zero attached hydrogens (tertiary/aromatic N) is 4. The second-order valence-corrected chi connectivity index (χ2v) is 8.09. The maximum atomic E-state index is 12.3. The molecule has 1 amide bonds. The van der Waals surface area contributed by atoms with Gasteiger partial charge < -0.3 is 10.1 Å². The summed E-state index contributed by atoms with van der Waals surface area (Å²) in [5.74, 6) is -0.448. The molecule has 3 rings (SSSR count). The average molecular weight is 452 g/mol. The molecule has 1 N–H and O–H groups in total. The third kappa shape index (κ3) is 5.78. The fourth-order valence-corrected chi connectivity index (χ4v) is 3.95. The van der Waals surface area contributed by atoms with Crippen molar-refractivity contribution in [1.82, 2.24) is 19.7 Å². The molecule has 0 unspecified atom stereocenters. The number of nitrogens with one attached hydrogen (secondary N) is 1. The largest absolute Gasteiger partial charge is 0.466 e. The van der Waals surface area contributed by atoms with Gasteiger partial charge in [-0.2, -0.15) is 0 Å². The molecule has 0 atom stereocenters. The maximum absolute atomic E-state index is 12.3. The quantitative estimate of drug-likeness (QED) is 0.413. The van der Waals surface area contributed by atoms with Gasteiger partial charge in [-0.05, 0) is 31.5 Å². The van der Waals surface area contributed by atoms with Crippen molar-refractivity contribution in [1.29, 1.82) is 0 Å². The van der Waals surface area contributed by atoms with Crippen molar-refractivity contribution in [3.05, 3.63) is 46.2 Å². The Morgan fingerprint density at radius 3 is 2.97 bits per heavy atom. The summed E-state index contributed by atoms with van der Waals surface area (Å²) in [4.78, 5) is 28.0. The standard InChI is InChI=1S/C18H18ClN5O3S2/c1-3-27-16(26)6-12-8-28-17(21-12)22-15(25)9-29-18-23-20-10-24(18)13-5-4-11(2)14(19)7-13/h4-5,7-8,10H,3,6,9H2,1-2H3,(H,21,22,25). The van der Waals surface area contributed by atoms with Crippen molar-refractivity contribution < 1.29 is 14.3 Å². The molecule has 152 valence electrons. The summed E-state index contributed by atoms with van der Waals surface area (Å²) in [5.41, 5.74) is 2.35. The number of thiazole rings is 1. The van der Waals surface area contributed by atoms with Gasteiger partial charge in [-0.3, -0.25) is 14.2 Å². The number of anilines is 1. The van der Waals surface area contributed by atoms with Crippen LogP contribution in [-0.4, -0.2) is 44.0 Å². The number of carbonyl (C=O) groups is 2. The van der Waals surface area contributed by atoms with Gasteiger partial charge in [0, 0.05) is 10.4 Å². The van der Waals surface area contributed by atoms with Gasteiger partial charge in [0.25, 0.3) is 0 Å². The number of ether oxygens (including phenoxy) is 1. The van der Waals surface area contributed by atoms with Crippen LogP contribution in [0.3, 0.4) is 0 Å². The number of hydrogen-bond acceptors (Lipinski definition) is 8. The van der Waals surface area contributed by atoms with E-state index in [0.717, 1.165) is 11.3 Å². The van der Waals surface area contributed by atoms with E-state index in [1.54, 1.807) is 23.2 Å². The molecule has 0 saturated heterocycles. The number of aryl methyl sites for hydroxylation is 1. The highest BCUT2D eigenvalue weighted by atomic mass is 35.5. The summed E-state index contributed by atoms with van der Waals surface area (Å²) in [6.45, 7) is 3.99. The number of amides is 1. The Morgan fingerprint density at radius 1 is 1.38 bits per heavy atom. The number of halogens is 1. The van der Waals surface area contributed by atoms with Crippen molar-refractivity contribution in [2.45, 2.75) is 25.4 Å². The third-order valence-corrected chi connectivity index (χ3v) is 5.87. The second-order valence-electron chi connectivity index (χ2n) is 5.88. The first kappa shape index (κ1) is 21.3. The summed E-state index contributed by atoms with van der Waals surface area (Å²) < 4.78 is 6.66. The minimum absolute atomic E-state index is 0.0805. The molecule has 0 aliphatic rings. The Hall–Kier alpha value is -2.43. The lowest BCUT2D eigenvalue weighted by molar-refractivity contribution is -0.142. The van der Waals surface area contributed by atoms with Gasteiger partial charge in [-0.25, -0.2) is 4.98 Å². The maximum Gasteiger partial charge on any atom is 0.311 e. The Kier molecular flexibility index (Phi) is 7.24. The number of aromatic nitrogens is 4. The van der Waals surface area contributed by atoms with E-state index in [0.29, 0.717) is 27.6 Å². The zero-order chi connectivity index (χ0) is 20.8. The normalized spacial score (nSPS) is 10.7. The monoisotopic (exact) mass is 451 g/mol. The molecule has 11 heteroatoms. The molecule has 29 heavy (non-hydrogen) atoms. The predicted molar refractivity (Wildman–Crippen MR) is 113 cm³/mol. The third-order valence-electron chi connectivity index (χ3n) is 3.71. The molecule has 2 aromatic heterocycles. The Bertz CT molecular complexity index is 1020. The van der Waals surface area contributed by atoms with Crippen molar-refractivity contribution in [2.24, 2.45) is 0 Å². The van der Waals surface area contributed by atoms with Crippen LogP contribution in [0.5, 0.6) is 0 Å². The van der Waals surface area contributed by atoms with Crippen molar-refractivity contribution in [3.63, 3.8) is 0 Å². The molecular formula is C18H18ClN5O3S2. The van der Waals surface area contributed by atoms with Gasteiger partial charge in [0.2, 0.25) is 5.91 Å². The van der Waals surface area contributed by atoms with E-state index in [4.69, 9.17) is 16.3 Å². The molecule has 0 aliphatic carbocycles. The van der Waals surface area contributed by atoms with Crippen LogP contribution < -0.4 is 5.32 Å². The van der Waals surface area contributed by atoms with E-state index in [-0.39, 0.29) is 24.1 Å². The minimum Gasteiger partial charge on any atom is -0.466 e. The van der Waals surface area contributed by atoms with Crippen LogP contribution in [0.2, 0.25) is 5.02 Å². The summed E-state index contributed by atoms with van der Waals surface area (Å²) in [7, 11) is 0. The van der Waals surface area contributed by atoms with Gasteiger partial charge in [-0.1, -0.05) is 29.4 Å². The van der Waals surface area contributed by atoms with Crippen LogP contribution in [0.4, 0.5) is 5.13 Å². The lowest BCUT2D eigenvalue weighted by Crippen LogP contribution is -2.14. The molecule has 1 aromatic carbocycles. The van der Waals surface area contributed by atoms with E-state index in [2.05, 4.69) is 20.5 Å². The van der Waals surface area contributed by atoms with Gasteiger partial charge in [0.05, 0.1) is 30.2 Å². The number of benzene rings is 1. The smallest absolute Gasteiger partial charge is 0.311 e. The molecule has 3 aromatic rings. The summed E-state index contributed by atoms with van der Waals surface area (Å²) in [6, 6.07) is 5.65. The Morgan fingerprint density at radius 2 is 2.21 bits per heavy atom. The fourth-order valence-electron chi connectivity index (χ4n) is 2.32. The SMILES string of the molecule is CCOC(=O)Cc1csc(NC(=O)CSc2nncn2-c2ccc(C)c(Cl)c2)n1. The lowest BCUT2D eigenvalue weighted by atomic mass is 10.2. The van der Waals surface area contributed by atoms with Gasteiger partial charge in [0.15, 0.2) is 10.3 Å². The predicted octanol–water partition coefficient (Wildman–Crippen LogP) is 3.52. The molecule has 0 bridgehead atoms. The first-order chi connectivity index (χ1) is 14.0. The number of esters is 1. The van der Waals surface area contributed by atoms with Crippen LogP contribution in [-0.2, 0) is 20.7 Å². The summed E-state index contributed by atoms with van der Waals surface area (Å²) >= 11 is 8.70.